The first kappa shape index (κ1) is 96.4. The molecule has 9 nitrogen and oxygen atoms in total. The van der Waals surface area contributed by atoms with E-state index in [4.69, 9.17) is 18.5 Å². The molecular formula is C90H161NO8P+. The number of ether oxygens (including phenoxy) is 2. The van der Waals surface area contributed by atoms with E-state index in [0.717, 1.165) is 96.3 Å². The van der Waals surface area contributed by atoms with Crippen molar-refractivity contribution in [3.05, 3.63) is 122 Å². The van der Waals surface area contributed by atoms with E-state index in [9.17, 15) is 19.0 Å². The van der Waals surface area contributed by atoms with Gasteiger partial charge < -0.3 is 18.9 Å². The molecule has 0 saturated carbocycles. The Labute approximate surface area is 619 Å². The smallest absolute Gasteiger partial charge is 0.462 e. The van der Waals surface area contributed by atoms with E-state index in [2.05, 4.69) is 135 Å². The summed E-state index contributed by atoms with van der Waals surface area (Å²) < 4.78 is 34.9. The number of nitrogens with zero attached hydrogens (tertiary/aromatic N) is 1. The van der Waals surface area contributed by atoms with Crippen molar-refractivity contribution >= 4 is 19.8 Å². The van der Waals surface area contributed by atoms with Gasteiger partial charge in [-0.25, -0.2) is 4.57 Å². The summed E-state index contributed by atoms with van der Waals surface area (Å²) in [5, 5.41) is 0. The second kappa shape index (κ2) is 79.5. The molecule has 0 aliphatic heterocycles. The average molecular weight is 1420 g/mol. The molecule has 0 aromatic heterocycles. The maximum atomic E-state index is 12.9. The summed E-state index contributed by atoms with van der Waals surface area (Å²) in [6, 6.07) is 0. The number of hydrogen-bond acceptors (Lipinski definition) is 7. The highest BCUT2D eigenvalue weighted by atomic mass is 31.2. The Morgan fingerprint density at radius 2 is 0.540 bits per heavy atom. The Morgan fingerprint density at radius 1 is 0.310 bits per heavy atom. The number of carbonyl (C=O) groups is 2. The van der Waals surface area contributed by atoms with Gasteiger partial charge in [0, 0.05) is 12.8 Å². The fourth-order valence-corrected chi connectivity index (χ4v) is 12.9. The maximum absolute atomic E-state index is 12.9. The number of rotatable bonds is 78. The molecule has 0 bridgehead atoms. The molecule has 0 aromatic rings. The van der Waals surface area contributed by atoms with Crippen LogP contribution >= 0.6 is 7.82 Å². The number of allylic oxidation sites excluding steroid dienone is 20. The third kappa shape index (κ3) is 83.4. The Kier molecular flexibility index (Phi) is 76.7. The number of phosphoric acid groups is 1. The van der Waals surface area contributed by atoms with Crippen molar-refractivity contribution in [3.63, 3.8) is 0 Å². The fourth-order valence-electron chi connectivity index (χ4n) is 12.1. The van der Waals surface area contributed by atoms with Gasteiger partial charge in [-0.3, -0.25) is 18.6 Å². The van der Waals surface area contributed by atoms with Crippen LogP contribution in [0.25, 0.3) is 0 Å². The van der Waals surface area contributed by atoms with Crippen LogP contribution in [0.2, 0.25) is 0 Å². The second-order valence-electron chi connectivity index (χ2n) is 29.5. The molecule has 0 saturated heterocycles. The fraction of sp³-hybridized carbons (Fsp3) is 0.756. The van der Waals surface area contributed by atoms with Crippen molar-refractivity contribution in [2.75, 3.05) is 47.5 Å². The van der Waals surface area contributed by atoms with Gasteiger partial charge in [0.05, 0.1) is 27.7 Å². The zero-order valence-electron chi connectivity index (χ0n) is 66.2. The first-order valence-electron chi connectivity index (χ1n) is 42.3. The highest BCUT2D eigenvalue weighted by Crippen LogP contribution is 2.43. The lowest BCUT2D eigenvalue weighted by atomic mass is 10.0. The average Bonchev–Trinajstić information content (AvgIpc) is 1.07. The molecule has 0 aromatic carbocycles. The topological polar surface area (TPSA) is 108 Å². The van der Waals surface area contributed by atoms with Crippen LogP contribution in [0.3, 0.4) is 0 Å². The molecule has 0 heterocycles. The predicted molar refractivity (Wildman–Crippen MR) is 436 cm³/mol. The normalized spacial score (nSPS) is 13.6. The number of quaternary nitrogens is 1. The van der Waals surface area contributed by atoms with E-state index in [1.54, 1.807) is 0 Å². The lowest BCUT2D eigenvalue weighted by Crippen LogP contribution is -2.37. The van der Waals surface area contributed by atoms with Crippen LogP contribution in [0.15, 0.2) is 122 Å². The zero-order chi connectivity index (χ0) is 72.5. The Bertz CT molecular complexity index is 2110. The van der Waals surface area contributed by atoms with Gasteiger partial charge in [-0.2, -0.15) is 0 Å². The van der Waals surface area contributed by atoms with Gasteiger partial charge in [0.1, 0.15) is 19.8 Å². The maximum Gasteiger partial charge on any atom is 0.472 e. The molecule has 0 aliphatic rings. The van der Waals surface area contributed by atoms with Crippen molar-refractivity contribution < 1.29 is 42.1 Å². The molecule has 2 atom stereocenters. The van der Waals surface area contributed by atoms with Crippen LogP contribution < -0.4 is 0 Å². The number of unbranched alkanes of at least 4 members (excludes halogenated alkanes) is 44. The minimum Gasteiger partial charge on any atom is -0.462 e. The Balaban J connectivity index is 3.90. The summed E-state index contributed by atoms with van der Waals surface area (Å²) in [7, 11) is 1.49. The third-order valence-electron chi connectivity index (χ3n) is 18.5. The summed E-state index contributed by atoms with van der Waals surface area (Å²) in [5.74, 6) is -0.779. The summed E-state index contributed by atoms with van der Waals surface area (Å²) >= 11 is 0. The lowest BCUT2D eigenvalue weighted by Gasteiger charge is -2.24. The van der Waals surface area contributed by atoms with Crippen LogP contribution in [0.1, 0.15) is 386 Å². The molecule has 578 valence electrons. The van der Waals surface area contributed by atoms with Crippen molar-refractivity contribution in [1.82, 2.24) is 0 Å². The summed E-state index contributed by atoms with van der Waals surface area (Å²) in [6.45, 7) is 4.26. The van der Waals surface area contributed by atoms with Gasteiger partial charge in [-0.05, 0) is 103 Å². The van der Waals surface area contributed by atoms with Crippen LogP contribution in [0.4, 0.5) is 0 Å². The monoisotopic (exact) mass is 1420 g/mol. The van der Waals surface area contributed by atoms with Crippen molar-refractivity contribution in [1.29, 1.82) is 0 Å². The molecule has 100 heavy (non-hydrogen) atoms. The molecule has 0 amide bonds. The lowest BCUT2D eigenvalue weighted by molar-refractivity contribution is -0.870. The predicted octanol–water partition coefficient (Wildman–Crippen LogP) is 28.5. The van der Waals surface area contributed by atoms with Gasteiger partial charge in [-0.15, -0.1) is 0 Å². The number of hydrogen-bond donors (Lipinski definition) is 1. The Morgan fingerprint density at radius 3 is 0.800 bits per heavy atom. The van der Waals surface area contributed by atoms with E-state index >= 15 is 0 Å². The van der Waals surface area contributed by atoms with E-state index in [1.807, 2.05) is 21.1 Å². The van der Waals surface area contributed by atoms with E-state index in [0.29, 0.717) is 23.9 Å². The first-order chi connectivity index (χ1) is 49.0. The van der Waals surface area contributed by atoms with Crippen LogP contribution in [0.5, 0.6) is 0 Å². The van der Waals surface area contributed by atoms with Crippen LogP contribution in [-0.4, -0.2) is 74.9 Å². The third-order valence-corrected chi connectivity index (χ3v) is 19.5. The van der Waals surface area contributed by atoms with Crippen molar-refractivity contribution in [2.24, 2.45) is 0 Å². The Hall–Kier alpha value is -3.59. The first-order valence-corrected chi connectivity index (χ1v) is 43.8. The van der Waals surface area contributed by atoms with Crippen LogP contribution in [0, 0.1) is 0 Å². The molecule has 10 heteroatoms. The zero-order valence-corrected chi connectivity index (χ0v) is 67.1. The molecule has 0 spiro atoms. The second-order valence-corrected chi connectivity index (χ2v) is 30.9. The van der Waals surface area contributed by atoms with Gasteiger partial charge >= 0.3 is 19.8 Å². The molecular weight excluding hydrogens is 1250 g/mol. The number of esters is 2. The minimum absolute atomic E-state index is 0.0314. The summed E-state index contributed by atoms with van der Waals surface area (Å²) in [5.41, 5.74) is 0. The molecule has 2 unspecified atom stereocenters. The molecule has 0 rings (SSSR count). The van der Waals surface area contributed by atoms with Crippen molar-refractivity contribution in [3.8, 4) is 0 Å². The van der Waals surface area contributed by atoms with Crippen molar-refractivity contribution in [2.45, 2.75) is 392 Å². The number of carbonyl (C=O) groups excluding carboxylic acids is 2. The van der Waals surface area contributed by atoms with Crippen LogP contribution in [-0.2, 0) is 32.7 Å². The summed E-state index contributed by atoms with van der Waals surface area (Å²) in [4.78, 5) is 36.0. The van der Waals surface area contributed by atoms with E-state index < -0.39 is 26.5 Å². The number of phosphoric ester groups is 1. The van der Waals surface area contributed by atoms with Gasteiger partial charge in [0.25, 0.3) is 0 Å². The minimum atomic E-state index is -4.40. The highest BCUT2D eigenvalue weighted by molar-refractivity contribution is 7.47. The molecule has 0 radical (unpaired) electrons. The molecule has 0 fully saturated rings. The van der Waals surface area contributed by atoms with Gasteiger partial charge in [0.2, 0.25) is 0 Å². The standard InChI is InChI=1S/C90H160NO8P/c1-6-8-10-12-14-16-18-20-22-24-26-28-30-32-34-36-38-40-42-44-45-47-49-51-53-55-57-59-61-63-65-67-69-71-73-75-77-79-81-83-90(93)99-88(87-98-100(94,95)97-85-84-91(3,4)5)86-96-89(92)82-80-78-76-74-72-70-68-66-64-62-60-58-56-54-52-50-48-46-43-41-39-37-35-33-31-29-27-25-23-21-19-17-15-13-11-9-7-2/h8-11,14-17,20-23,26-29,32,34,38,40,88H,6-7,12-13,18-19,24-25,30-31,33,35-37,39,41-87H2,1-5H3/p+1/b10-8-,11-9-,16-14-,17-15-,22-20-,23-21-,28-26-,29-27-,34-32-,40-38-. The highest BCUT2D eigenvalue weighted by Gasteiger charge is 2.27. The van der Waals surface area contributed by atoms with E-state index in [1.165, 1.54) is 257 Å². The summed E-state index contributed by atoms with van der Waals surface area (Å²) in [6.07, 6.45) is 115. The number of likely N-dealkylation sites (N-methyl/N-ethyl adjacent to an activating group) is 1. The largest absolute Gasteiger partial charge is 0.472 e. The SMILES string of the molecule is CC/C=C\C/C=C\C/C=C\C/C=C\C/C=C\C/C=C\CCCCCCCCCCCCCCCCCCCCCCC(=O)OC(COC(=O)CCCCCCCCCCCCCCCCCCCCCCCCCC/C=C\C/C=C\C/C=C\C/C=C\CC)COP(=O)(O)OCC[N+](C)(C)C. The van der Waals surface area contributed by atoms with E-state index in [-0.39, 0.29) is 25.6 Å². The molecule has 1 N–H and O–H groups in total. The molecule has 0 aliphatic carbocycles. The quantitative estimate of drug-likeness (QED) is 0.0211. The van der Waals surface area contributed by atoms with Gasteiger partial charge in [-0.1, -0.05) is 392 Å². The van der Waals surface area contributed by atoms with Gasteiger partial charge in [0.15, 0.2) is 6.10 Å².